The average molecular weight is 498 g/mol. The van der Waals surface area contributed by atoms with Crippen LogP contribution in [0, 0.1) is 0 Å². The molecule has 2 amide bonds. The van der Waals surface area contributed by atoms with Crippen LogP contribution in [-0.4, -0.2) is 86.1 Å². The Balaban J connectivity index is 1.31. The Morgan fingerprint density at radius 3 is 2.35 bits per heavy atom. The number of nitrogens with zero attached hydrogens (tertiary/aromatic N) is 4. The van der Waals surface area contributed by atoms with Crippen molar-refractivity contribution in [3.8, 4) is 22.5 Å². The number of nitrogens with two attached hydrogens (primary N) is 1. The second-order valence-corrected chi connectivity index (χ2v) is 10.0. The molecule has 0 spiro atoms. The van der Waals surface area contributed by atoms with Gasteiger partial charge < -0.3 is 25.2 Å². The smallest absolute Gasteiger partial charge is 0.254 e. The molecule has 3 aliphatic rings. The Morgan fingerprint density at radius 1 is 0.919 bits per heavy atom. The summed E-state index contributed by atoms with van der Waals surface area (Å²) in [6, 6.07) is 15.9. The molecule has 1 aliphatic carbocycles. The van der Waals surface area contributed by atoms with E-state index >= 15 is 0 Å². The lowest BCUT2D eigenvalue weighted by atomic mass is 10.0. The fraction of sp³-hybridized carbons (Fsp3) is 0.345. The number of ether oxygens (including phenoxy) is 1. The topological polar surface area (TPSA) is 92.0 Å². The zero-order valence-electron chi connectivity index (χ0n) is 21.1. The van der Waals surface area contributed by atoms with Gasteiger partial charge in [-0.3, -0.25) is 9.59 Å². The first kappa shape index (κ1) is 23.6. The zero-order chi connectivity index (χ0) is 25.5. The summed E-state index contributed by atoms with van der Waals surface area (Å²) in [5.41, 5.74) is 13.4. The number of benzene rings is 2. The summed E-state index contributed by atoms with van der Waals surface area (Å²) >= 11 is 0. The molecular weight excluding hydrogens is 466 g/mol. The molecule has 0 bridgehead atoms. The van der Waals surface area contributed by atoms with Gasteiger partial charge in [0.05, 0.1) is 24.6 Å². The van der Waals surface area contributed by atoms with E-state index in [9.17, 15) is 9.59 Å². The van der Waals surface area contributed by atoms with Crippen LogP contribution in [0.15, 0.2) is 48.5 Å². The monoisotopic (exact) mass is 497 g/mol. The van der Waals surface area contributed by atoms with E-state index < -0.39 is 5.91 Å². The highest BCUT2D eigenvalue weighted by Gasteiger charge is 2.28. The van der Waals surface area contributed by atoms with Crippen molar-refractivity contribution in [1.29, 1.82) is 0 Å². The fourth-order valence-electron chi connectivity index (χ4n) is 5.49. The van der Waals surface area contributed by atoms with Gasteiger partial charge in [-0.25, -0.2) is 4.98 Å². The predicted molar refractivity (Wildman–Crippen MR) is 143 cm³/mol. The van der Waals surface area contributed by atoms with Gasteiger partial charge >= 0.3 is 0 Å². The molecule has 0 unspecified atom stereocenters. The Morgan fingerprint density at radius 2 is 1.65 bits per heavy atom. The van der Waals surface area contributed by atoms with Crippen LogP contribution in [0.3, 0.4) is 0 Å². The van der Waals surface area contributed by atoms with Crippen molar-refractivity contribution >= 4 is 17.5 Å². The predicted octanol–water partition coefficient (Wildman–Crippen LogP) is 2.64. The quantitative estimate of drug-likeness (QED) is 0.466. The third kappa shape index (κ3) is 4.47. The molecule has 8 heteroatoms. The molecule has 8 nitrogen and oxygen atoms in total. The fourth-order valence-corrected chi connectivity index (χ4v) is 5.49. The van der Waals surface area contributed by atoms with Gasteiger partial charge in [-0.1, -0.05) is 18.2 Å². The number of rotatable bonds is 4. The van der Waals surface area contributed by atoms with Gasteiger partial charge in [0.2, 0.25) is 5.91 Å². The van der Waals surface area contributed by atoms with Gasteiger partial charge in [-0.15, -0.1) is 0 Å². The van der Waals surface area contributed by atoms with Crippen molar-refractivity contribution in [2.45, 2.75) is 6.42 Å². The van der Waals surface area contributed by atoms with E-state index in [0.29, 0.717) is 43.9 Å². The van der Waals surface area contributed by atoms with E-state index in [1.807, 2.05) is 23.1 Å². The Labute approximate surface area is 216 Å². The first-order chi connectivity index (χ1) is 18.0. The molecule has 2 aromatic carbocycles. The Hall–Kier alpha value is -3.75. The second kappa shape index (κ2) is 9.61. The van der Waals surface area contributed by atoms with Crippen molar-refractivity contribution in [3.63, 3.8) is 0 Å². The first-order valence-electron chi connectivity index (χ1n) is 12.9. The molecule has 1 aromatic heterocycles. The SMILES string of the molecule is CN1CCN(c2ccc(-c3cc(C(N)=O)c4c(n3)-c3ccc(C(=O)N5CCOCC5)cc3C4)cc2)CC1. The van der Waals surface area contributed by atoms with Crippen LogP contribution in [0.5, 0.6) is 0 Å². The standard InChI is InChI=1S/C29H31N5O3/c1-32-8-10-33(11-9-32)22-5-2-19(3-6-22)26-18-25(28(30)35)24-17-21-16-20(4-7-23(21)27(24)31-26)29(36)34-12-14-37-15-13-34/h2-7,16,18H,8-15,17H2,1H3,(H2,30,35). The number of anilines is 1. The largest absolute Gasteiger partial charge is 0.378 e. The number of carbonyl (C=O) groups is 2. The van der Waals surface area contributed by atoms with Gasteiger partial charge in [0, 0.05) is 73.6 Å². The molecule has 2 aliphatic heterocycles. The maximum absolute atomic E-state index is 13.0. The Bertz CT molecular complexity index is 1360. The molecule has 6 rings (SSSR count). The number of primary amides is 1. The number of carbonyl (C=O) groups excluding carboxylic acids is 2. The lowest BCUT2D eigenvalue weighted by Crippen LogP contribution is -2.44. The molecular formula is C29H31N5O3. The van der Waals surface area contributed by atoms with Crippen molar-refractivity contribution < 1.29 is 14.3 Å². The second-order valence-electron chi connectivity index (χ2n) is 10.0. The van der Waals surface area contributed by atoms with Gasteiger partial charge in [-0.2, -0.15) is 0 Å². The first-order valence-corrected chi connectivity index (χ1v) is 12.9. The zero-order valence-corrected chi connectivity index (χ0v) is 21.1. The highest BCUT2D eigenvalue weighted by Crippen LogP contribution is 2.39. The van der Waals surface area contributed by atoms with E-state index in [-0.39, 0.29) is 5.91 Å². The summed E-state index contributed by atoms with van der Waals surface area (Å²) in [6.07, 6.45) is 0.531. The minimum absolute atomic E-state index is 0.00580. The molecule has 0 saturated carbocycles. The van der Waals surface area contributed by atoms with E-state index in [4.69, 9.17) is 15.5 Å². The summed E-state index contributed by atoms with van der Waals surface area (Å²) in [4.78, 5) is 37.0. The van der Waals surface area contributed by atoms with Crippen LogP contribution in [0.25, 0.3) is 22.5 Å². The van der Waals surface area contributed by atoms with Crippen LogP contribution >= 0.6 is 0 Å². The average Bonchev–Trinajstić information content (AvgIpc) is 3.31. The van der Waals surface area contributed by atoms with Crippen molar-refractivity contribution in [1.82, 2.24) is 14.8 Å². The molecule has 0 radical (unpaired) electrons. The molecule has 37 heavy (non-hydrogen) atoms. The van der Waals surface area contributed by atoms with Crippen LogP contribution in [0.2, 0.25) is 0 Å². The maximum Gasteiger partial charge on any atom is 0.254 e. The molecule has 2 saturated heterocycles. The van der Waals surface area contributed by atoms with Gasteiger partial charge in [0.25, 0.3) is 5.91 Å². The normalized spacial score (nSPS) is 17.4. The van der Waals surface area contributed by atoms with Crippen LogP contribution < -0.4 is 10.6 Å². The Kier molecular flexibility index (Phi) is 6.14. The van der Waals surface area contributed by atoms with Crippen molar-refractivity contribution in [3.05, 3.63) is 70.8 Å². The van der Waals surface area contributed by atoms with Crippen LogP contribution in [0.4, 0.5) is 5.69 Å². The molecule has 3 aromatic rings. The van der Waals surface area contributed by atoms with Gasteiger partial charge in [0.1, 0.15) is 0 Å². The summed E-state index contributed by atoms with van der Waals surface area (Å²) in [5.74, 6) is -0.461. The van der Waals surface area contributed by atoms with E-state index in [2.05, 4.69) is 41.1 Å². The number of likely N-dealkylation sites (N-methyl/N-ethyl adjacent to an activating group) is 1. The highest BCUT2D eigenvalue weighted by atomic mass is 16.5. The summed E-state index contributed by atoms with van der Waals surface area (Å²) in [6.45, 7) is 6.43. The van der Waals surface area contributed by atoms with Gasteiger partial charge in [-0.05, 0) is 48.5 Å². The molecule has 2 fully saturated rings. The molecule has 3 heterocycles. The minimum Gasteiger partial charge on any atom is -0.378 e. The number of aromatic nitrogens is 1. The summed E-state index contributed by atoms with van der Waals surface area (Å²) in [7, 11) is 2.15. The van der Waals surface area contributed by atoms with Crippen LogP contribution in [-0.2, 0) is 11.2 Å². The minimum atomic E-state index is -0.466. The highest BCUT2D eigenvalue weighted by molar-refractivity contribution is 6.00. The molecule has 190 valence electrons. The van der Waals surface area contributed by atoms with E-state index in [1.54, 1.807) is 6.07 Å². The third-order valence-electron chi connectivity index (χ3n) is 7.69. The van der Waals surface area contributed by atoms with Crippen molar-refractivity contribution in [2.75, 3.05) is 64.4 Å². The number of hydrogen-bond acceptors (Lipinski definition) is 6. The molecule has 0 atom stereocenters. The number of morpholine rings is 1. The molecule has 2 N–H and O–H groups in total. The lowest BCUT2D eigenvalue weighted by Gasteiger charge is -2.34. The third-order valence-corrected chi connectivity index (χ3v) is 7.69. The van der Waals surface area contributed by atoms with E-state index in [0.717, 1.165) is 59.8 Å². The number of hydrogen-bond donors (Lipinski definition) is 1. The van der Waals surface area contributed by atoms with Crippen LogP contribution in [0.1, 0.15) is 31.8 Å². The number of pyridine rings is 1. The van der Waals surface area contributed by atoms with Gasteiger partial charge in [0.15, 0.2) is 0 Å². The summed E-state index contributed by atoms with van der Waals surface area (Å²) in [5, 5.41) is 0. The summed E-state index contributed by atoms with van der Waals surface area (Å²) < 4.78 is 5.38. The maximum atomic E-state index is 13.0. The number of piperazine rings is 1. The number of amides is 2. The number of fused-ring (bicyclic) bond motifs is 3. The van der Waals surface area contributed by atoms with Crippen molar-refractivity contribution in [2.24, 2.45) is 5.73 Å². The lowest BCUT2D eigenvalue weighted by molar-refractivity contribution is 0.0303. The van der Waals surface area contributed by atoms with E-state index in [1.165, 1.54) is 5.69 Å².